The number of carbonyl (C=O) groups is 1. The van der Waals surface area contributed by atoms with E-state index in [-0.39, 0.29) is 20.6 Å². The number of nitrogens with one attached hydrogen (secondary N) is 1. The molecule has 0 aromatic heterocycles. The highest BCUT2D eigenvalue weighted by Gasteiger charge is 2.27. The molecule has 1 N–H and O–H groups in total. The van der Waals surface area contributed by atoms with Gasteiger partial charge in [-0.1, -0.05) is 63.4 Å². The first-order chi connectivity index (χ1) is 13.8. The van der Waals surface area contributed by atoms with Gasteiger partial charge < -0.3 is 5.32 Å². The molecule has 0 fully saturated rings. The minimum atomic E-state index is -4.02. The predicted octanol–water partition coefficient (Wildman–Crippen LogP) is 5.59. The van der Waals surface area contributed by atoms with Crippen molar-refractivity contribution < 1.29 is 13.2 Å². The van der Waals surface area contributed by atoms with Gasteiger partial charge in [0, 0.05) is 10.2 Å². The van der Waals surface area contributed by atoms with Crippen LogP contribution in [-0.4, -0.2) is 20.9 Å². The van der Waals surface area contributed by atoms with Gasteiger partial charge in [0.1, 0.15) is 6.54 Å². The molecule has 0 bridgehead atoms. The van der Waals surface area contributed by atoms with Crippen molar-refractivity contribution in [2.45, 2.75) is 4.90 Å². The topological polar surface area (TPSA) is 66.5 Å². The average molecular weight is 514 g/mol. The maximum atomic E-state index is 13.2. The van der Waals surface area contributed by atoms with Crippen molar-refractivity contribution in [2.24, 2.45) is 0 Å². The van der Waals surface area contributed by atoms with Crippen molar-refractivity contribution in [3.05, 3.63) is 87.3 Å². The SMILES string of the molecule is O=C(CN(c1ccc(Cl)c(Cl)c1)S(=O)(=O)c1ccccc1)Nc1cccc(Br)c1. The van der Waals surface area contributed by atoms with E-state index in [0.717, 1.165) is 8.78 Å². The summed E-state index contributed by atoms with van der Waals surface area (Å²) >= 11 is 15.4. The Morgan fingerprint density at radius 1 is 0.931 bits per heavy atom. The van der Waals surface area contributed by atoms with E-state index in [4.69, 9.17) is 23.2 Å². The van der Waals surface area contributed by atoms with E-state index in [9.17, 15) is 13.2 Å². The summed E-state index contributed by atoms with van der Waals surface area (Å²) in [6.07, 6.45) is 0. The summed E-state index contributed by atoms with van der Waals surface area (Å²) in [7, 11) is -4.02. The lowest BCUT2D eigenvalue weighted by molar-refractivity contribution is -0.114. The zero-order chi connectivity index (χ0) is 21.0. The Morgan fingerprint density at radius 2 is 1.66 bits per heavy atom. The van der Waals surface area contributed by atoms with Gasteiger partial charge in [-0.05, 0) is 48.5 Å². The molecular formula is C20H15BrCl2N2O3S. The van der Waals surface area contributed by atoms with Gasteiger partial charge in [-0.15, -0.1) is 0 Å². The number of nitrogens with zero attached hydrogens (tertiary/aromatic N) is 1. The first kappa shape index (κ1) is 21.6. The Labute approximate surface area is 187 Å². The van der Waals surface area contributed by atoms with Gasteiger partial charge in [0.25, 0.3) is 10.0 Å². The fourth-order valence-electron chi connectivity index (χ4n) is 2.57. The molecule has 0 aliphatic heterocycles. The molecule has 0 saturated heterocycles. The van der Waals surface area contributed by atoms with Gasteiger partial charge in [-0.3, -0.25) is 9.10 Å². The molecule has 0 unspecified atom stereocenters. The molecule has 5 nitrogen and oxygen atoms in total. The number of hydrogen-bond donors (Lipinski definition) is 1. The summed E-state index contributed by atoms with van der Waals surface area (Å²) in [6.45, 7) is -0.443. The van der Waals surface area contributed by atoms with E-state index in [1.165, 1.54) is 30.3 Å². The minimum absolute atomic E-state index is 0.0568. The first-order valence-electron chi connectivity index (χ1n) is 8.35. The number of amides is 1. The molecule has 0 radical (unpaired) electrons. The van der Waals surface area contributed by atoms with E-state index in [1.54, 1.807) is 36.4 Å². The van der Waals surface area contributed by atoms with Crippen LogP contribution in [0.25, 0.3) is 0 Å². The molecular weight excluding hydrogens is 499 g/mol. The van der Waals surface area contributed by atoms with Crippen LogP contribution < -0.4 is 9.62 Å². The lowest BCUT2D eigenvalue weighted by Gasteiger charge is -2.24. The van der Waals surface area contributed by atoms with Crippen LogP contribution in [0.4, 0.5) is 11.4 Å². The van der Waals surface area contributed by atoms with Crippen molar-refractivity contribution in [1.29, 1.82) is 0 Å². The molecule has 150 valence electrons. The van der Waals surface area contributed by atoms with Crippen LogP contribution in [0.3, 0.4) is 0 Å². The Bertz CT molecular complexity index is 1140. The van der Waals surface area contributed by atoms with Gasteiger partial charge in [0.15, 0.2) is 0 Å². The van der Waals surface area contributed by atoms with E-state index < -0.39 is 22.5 Å². The number of sulfonamides is 1. The Balaban J connectivity index is 1.96. The number of halogens is 3. The summed E-state index contributed by atoms with van der Waals surface area (Å²) in [5.74, 6) is -0.506. The van der Waals surface area contributed by atoms with E-state index >= 15 is 0 Å². The van der Waals surface area contributed by atoms with E-state index in [2.05, 4.69) is 21.2 Å². The summed E-state index contributed by atoms with van der Waals surface area (Å²) in [5, 5.41) is 3.17. The van der Waals surface area contributed by atoms with Crippen molar-refractivity contribution >= 4 is 66.4 Å². The van der Waals surface area contributed by atoms with Crippen LogP contribution in [-0.2, 0) is 14.8 Å². The van der Waals surface area contributed by atoms with Gasteiger partial charge in [0.2, 0.25) is 5.91 Å². The summed E-state index contributed by atoms with van der Waals surface area (Å²) in [5.41, 5.74) is 0.767. The van der Waals surface area contributed by atoms with Crippen molar-refractivity contribution in [2.75, 3.05) is 16.2 Å². The third-order valence-electron chi connectivity index (χ3n) is 3.92. The molecule has 3 rings (SSSR count). The standard InChI is InChI=1S/C20H15BrCl2N2O3S/c21-14-5-4-6-15(11-14)24-20(26)13-25(16-9-10-18(22)19(23)12-16)29(27,28)17-7-2-1-3-8-17/h1-12H,13H2,(H,24,26). The fourth-order valence-corrected chi connectivity index (χ4v) is 4.70. The molecule has 9 heteroatoms. The zero-order valence-electron chi connectivity index (χ0n) is 14.8. The Hall–Kier alpha value is -2.06. The highest BCUT2D eigenvalue weighted by molar-refractivity contribution is 9.10. The summed E-state index contributed by atoms with van der Waals surface area (Å²) in [4.78, 5) is 12.7. The lowest BCUT2D eigenvalue weighted by atomic mass is 10.3. The van der Waals surface area contributed by atoms with Crippen LogP contribution >= 0.6 is 39.1 Å². The molecule has 0 aliphatic carbocycles. The maximum Gasteiger partial charge on any atom is 0.264 e. The largest absolute Gasteiger partial charge is 0.324 e. The molecule has 0 spiro atoms. The van der Waals surface area contributed by atoms with Gasteiger partial charge >= 0.3 is 0 Å². The number of carbonyl (C=O) groups excluding carboxylic acids is 1. The molecule has 3 aromatic carbocycles. The number of anilines is 2. The molecule has 0 heterocycles. The normalized spacial score (nSPS) is 11.1. The molecule has 1 amide bonds. The van der Waals surface area contributed by atoms with E-state index in [1.807, 2.05) is 6.07 Å². The predicted molar refractivity (Wildman–Crippen MR) is 120 cm³/mol. The molecule has 0 aliphatic rings. The summed E-state index contributed by atoms with van der Waals surface area (Å²) in [6, 6.07) is 19.3. The van der Waals surface area contributed by atoms with Crippen LogP contribution in [0.15, 0.2) is 82.2 Å². The summed E-state index contributed by atoms with van der Waals surface area (Å²) < 4.78 is 28.3. The molecule has 3 aromatic rings. The Morgan fingerprint density at radius 3 is 2.31 bits per heavy atom. The smallest absolute Gasteiger partial charge is 0.264 e. The third kappa shape index (κ3) is 5.30. The van der Waals surface area contributed by atoms with Gasteiger partial charge in [0.05, 0.1) is 20.6 Å². The highest BCUT2D eigenvalue weighted by atomic mass is 79.9. The van der Waals surface area contributed by atoms with Crippen LogP contribution in [0.5, 0.6) is 0 Å². The fraction of sp³-hybridized carbons (Fsp3) is 0.0500. The first-order valence-corrected chi connectivity index (χ1v) is 11.3. The second kappa shape index (κ2) is 9.17. The zero-order valence-corrected chi connectivity index (χ0v) is 18.8. The quantitative estimate of drug-likeness (QED) is 0.467. The number of hydrogen-bond acceptors (Lipinski definition) is 3. The Kier molecular flexibility index (Phi) is 6.85. The third-order valence-corrected chi connectivity index (χ3v) is 6.94. The lowest BCUT2D eigenvalue weighted by Crippen LogP contribution is -2.38. The van der Waals surface area contributed by atoms with Crippen LogP contribution in [0, 0.1) is 0 Å². The van der Waals surface area contributed by atoms with Crippen LogP contribution in [0.1, 0.15) is 0 Å². The van der Waals surface area contributed by atoms with Gasteiger partial charge in [-0.25, -0.2) is 8.42 Å². The molecule has 0 saturated carbocycles. The minimum Gasteiger partial charge on any atom is -0.324 e. The highest BCUT2D eigenvalue weighted by Crippen LogP contribution is 2.30. The van der Waals surface area contributed by atoms with Gasteiger partial charge in [-0.2, -0.15) is 0 Å². The second-order valence-corrected chi connectivity index (χ2v) is 9.57. The van der Waals surface area contributed by atoms with Crippen molar-refractivity contribution in [3.8, 4) is 0 Å². The van der Waals surface area contributed by atoms with E-state index in [0.29, 0.717) is 5.69 Å². The molecule has 29 heavy (non-hydrogen) atoms. The molecule has 0 atom stereocenters. The number of rotatable bonds is 6. The second-order valence-electron chi connectivity index (χ2n) is 5.98. The van der Waals surface area contributed by atoms with Crippen molar-refractivity contribution in [1.82, 2.24) is 0 Å². The average Bonchev–Trinajstić information content (AvgIpc) is 2.69. The number of benzene rings is 3. The van der Waals surface area contributed by atoms with Crippen LogP contribution in [0.2, 0.25) is 10.0 Å². The van der Waals surface area contributed by atoms with Crippen molar-refractivity contribution in [3.63, 3.8) is 0 Å². The monoisotopic (exact) mass is 512 g/mol. The maximum absolute atomic E-state index is 13.2.